The predicted molar refractivity (Wildman–Crippen MR) is 108 cm³/mol. The second-order valence-electron chi connectivity index (χ2n) is 7.31. The molecule has 0 radical (unpaired) electrons. The van der Waals surface area contributed by atoms with Crippen LogP contribution in [0.2, 0.25) is 0 Å². The van der Waals surface area contributed by atoms with Crippen LogP contribution in [-0.2, 0) is 11.2 Å². The van der Waals surface area contributed by atoms with Crippen molar-refractivity contribution in [1.29, 1.82) is 0 Å². The monoisotopic (exact) mass is 373 g/mol. The molecule has 0 saturated carbocycles. The maximum Gasteiger partial charge on any atom is 0.228 e. The zero-order chi connectivity index (χ0) is 18.1. The van der Waals surface area contributed by atoms with Crippen LogP contribution < -0.4 is 5.32 Å². The van der Waals surface area contributed by atoms with E-state index in [-0.39, 0.29) is 13.3 Å². The molecule has 1 amide bonds. The van der Waals surface area contributed by atoms with Gasteiger partial charge in [-0.3, -0.25) is 14.8 Å². The molecule has 4 rings (SSSR count). The lowest BCUT2D eigenvalue weighted by Crippen LogP contribution is -2.34. The van der Waals surface area contributed by atoms with Gasteiger partial charge in [0.1, 0.15) is 0 Å². The SMILES string of the molecule is CC(C)C(=O)Nc1cnc2c(n1)CCCC1=C2CN(C2=NCCS2)CC1.[HH]. The van der Waals surface area contributed by atoms with Gasteiger partial charge in [0, 0.05) is 26.2 Å². The highest BCUT2D eigenvalue weighted by atomic mass is 32.2. The number of nitrogens with zero attached hydrogens (tertiary/aromatic N) is 4. The number of carbonyl (C=O) groups excluding carboxylic acids is 1. The Labute approximate surface area is 160 Å². The maximum absolute atomic E-state index is 12.0. The molecule has 140 valence electrons. The fourth-order valence-electron chi connectivity index (χ4n) is 3.65. The molecular formula is C19H27N5OS. The van der Waals surface area contributed by atoms with Crippen molar-refractivity contribution in [2.45, 2.75) is 39.5 Å². The van der Waals surface area contributed by atoms with Crippen molar-refractivity contribution in [3.63, 3.8) is 0 Å². The first kappa shape index (κ1) is 17.5. The molecule has 3 aliphatic rings. The summed E-state index contributed by atoms with van der Waals surface area (Å²) >= 11 is 1.86. The zero-order valence-corrected chi connectivity index (χ0v) is 16.2. The Hall–Kier alpha value is -1.89. The number of aryl methyl sites for hydroxylation is 1. The third-order valence-corrected chi connectivity index (χ3v) is 6.13. The first-order valence-electron chi connectivity index (χ1n) is 9.42. The molecule has 0 fully saturated rings. The van der Waals surface area contributed by atoms with Crippen LogP contribution in [0.5, 0.6) is 0 Å². The minimum atomic E-state index is -0.0680. The minimum Gasteiger partial charge on any atom is -0.347 e. The van der Waals surface area contributed by atoms with E-state index < -0.39 is 0 Å². The van der Waals surface area contributed by atoms with Crippen molar-refractivity contribution < 1.29 is 6.22 Å². The molecule has 0 bridgehead atoms. The van der Waals surface area contributed by atoms with E-state index in [1.54, 1.807) is 6.20 Å². The predicted octanol–water partition coefficient (Wildman–Crippen LogP) is 3.22. The Morgan fingerprint density at radius 2 is 2.23 bits per heavy atom. The molecule has 1 aromatic rings. The number of hydrogen-bond donors (Lipinski definition) is 1. The molecule has 0 spiro atoms. The van der Waals surface area contributed by atoms with Crippen molar-refractivity contribution in [2.24, 2.45) is 10.9 Å². The van der Waals surface area contributed by atoms with Crippen LogP contribution in [0, 0.1) is 5.92 Å². The van der Waals surface area contributed by atoms with Gasteiger partial charge < -0.3 is 10.2 Å². The van der Waals surface area contributed by atoms with E-state index in [2.05, 4.69) is 15.2 Å². The largest absolute Gasteiger partial charge is 0.347 e. The summed E-state index contributed by atoms with van der Waals surface area (Å²) in [6, 6.07) is 0. The Morgan fingerprint density at radius 1 is 1.35 bits per heavy atom. The van der Waals surface area contributed by atoms with E-state index in [4.69, 9.17) is 9.97 Å². The van der Waals surface area contributed by atoms with Crippen molar-refractivity contribution in [2.75, 3.05) is 30.7 Å². The van der Waals surface area contributed by atoms with Crippen LogP contribution in [0.15, 0.2) is 16.8 Å². The quantitative estimate of drug-likeness (QED) is 0.862. The van der Waals surface area contributed by atoms with Gasteiger partial charge >= 0.3 is 0 Å². The van der Waals surface area contributed by atoms with Crippen molar-refractivity contribution in [1.82, 2.24) is 14.9 Å². The van der Waals surface area contributed by atoms with Crippen LogP contribution >= 0.6 is 11.8 Å². The van der Waals surface area contributed by atoms with Gasteiger partial charge in [0.15, 0.2) is 11.0 Å². The van der Waals surface area contributed by atoms with Gasteiger partial charge in [-0.15, -0.1) is 0 Å². The molecule has 1 aliphatic carbocycles. The Morgan fingerprint density at radius 3 is 3.00 bits per heavy atom. The third kappa shape index (κ3) is 3.49. The molecule has 0 unspecified atom stereocenters. The number of amidine groups is 1. The standard InChI is InChI=1S/C19H25N5OS.H2/c1-12(2)18(25)23-16-10-21-17-14-11-24(19-20-7-9-26-19)8-6-13(14)4-3-5-15(17)22-16;/h10,12H,3-9,11H2,1-2H3,(H,22,23,25);1H. The molecule has 0 atom stereocenters. The molecule has 6 nitrogen and oxygen atoms in total. The zero-order valence-electron chi connectivity index (χ0n) is 15.4. The topological polar surface area (TPSA) is 70.5 Å². The van der Waals surface area contributed by atoms with E-state index in [0.717, 1.165) is 62.5 Å². The van der Waals surface area contributed by atoms with Crippen molar-refractivity contribution in [3.05, 3.63) is 23.2 Å². The van der Waals surface area contributed by atoms with Crippen LogP contribution in [0.4, 0.5) is 5.82 Å². The number of rotatable bonds is 2. The molecule has 1 aromatic heterocycles. The number of nitrogens with one attached hydrogen (secondary N) is 1. The average Bonchev–Trinajstić information content (AvgIpc) is 3.11. The summed E-state index contributed by atoms with van der Waals surface area (Å²) in [6.07, 6.45) is 5.92. The highest BCUT2D eigenvalue weighted by Gasteiger charge is 2.28. The van der Waals surface area contributed by atoms with Gasteiger partial charge in [-0.25, -0.2) is 4.98 Å². The highest BCUT2D eigenvalue weighted by Crippen LogP contribution is 2.35. The number of amides is 1. The summed E-state index contributed by atoms with van der Waals surface area (Å²) in [5, 5.41) is 4.05. The van der Waals surface area contributed by atoms with E-state index in [0.29, 0.717) is 5.82 Å². The fraction of sp³-hybridized carbons (Fsp3) is 0.579. The summed E-state index contributed by atoms with van der Waals surface area (Å²) in [5.74, 6) is 1.57. The van der Waals surface area contributed by atoms with Crippen LogP contribution in [0.3, 0.4) is 0 Å². The molecule has 3 heterocycles. The van der Waals surface area contributed by atoms with Crippen molar-refractivity contribution >= 4 is 34.2 Å². The molecule has 0 aromatic carbocycles. The second kappa shape index (κ2) is 7.39. The lowest BCUT2D eigenvalue weighted by atomic mass is 9.96. The van der Waals surface area contributed by atoms with E-state index in [1.165, 1.54) is 16.3 Å². The lowest BCUT2D eigenvalue weighted by Gasteiger charge is -2.31. The van der Waals surface area contributed by atoms with Crippen LogP contribution in [0.1, 0.15) is 45.9 Å². The fourth-order valence-corrected chi connectivity index (χ4v) is 4.54. The van der Waals surface area contributed by atoms with Crippen molar-refractivity contribution in [3.8, 4) is 0 Å². The van der Waals surface area contributed by atoms with Crippen LogP contribution in [0.25, 0.3) is 5.57 Å². The first-order chi connectivity index (χ1) is 12.6. The summed E-state index contributed by atoms with van der Waals surface area (Å²) < 4.78 is 0. The Bertz CT molecular complexity index is 792. The molecule has 26 heavy (non-hydrogen) atoms. The van der Waals surface area contributed by atoms with E-state index in [9.17, 15) is 4.79 Å². The molecule has 7 heteroatoms. The summed E-state index contributed by atoms with van der Waals surface area (Å²) in [7, 11) is 0. The first-order valence-corrected chi connectivity index (χ1v) is 10.4. The summed E-state index contributed by atoms with van der Waals surface area (Å²) in [5.41, 5.74) is 4.89. The minimum absolute atomic E-state index is 0. The summed E-state index contributed by atoms with van der Waals surface area (Å²) in [6.45, 7) is 6.61. The van der Waals surface area contributed by atoms with Crippen LogP contribution in [-0.4, -0.2) is 51.3 Å². The van der Waals surface area contributed by atoms with Gasteiger partial charge in [0.25, 0.3) is 0 Å². The Balaban J connectivity index is 0.00000210. The molecule has 0 saturated heterocycles. The van der Waals surface area contributed by atoms with E-state index >= 15 is 0 Å². The average molecular weight is 374 g/mol. The number of hydrogen-bond acceptors (Lipinski definition) is 6. The highest BCUT2D eigenvalue weighted by molar-refractivity contribution is 8.14. The van der Waals surface area contributed by atoms with Gasteiger partial charge in [-0.05, 0) is 31.3 Å². The molecule has 2 aliphatic heterocycles. The maximum atomic E-state index is 12.0. The number of thioether (sulfide) groups is 1. The van der Waals surface area contributed by atoms with Gasteiger partial charge in [0.05, 0.1) is 24.1 Å². The Kier molecular flexibility index (Phi) is 4.98. The smallest absolute Gasteiger partial charge is 0.228 e. The van der Waals surface area contributed by atoms with Gasteiger partial charge in [-0.2, -0.15) is 0 Å². The van der Waals surface area contributed by atoms with Gasteiger partial charge in [0.2, 0.25) is 5.91 Å². The second-order valence-corrected chi connectivity index (χ2v) is 8.38. The number of carbonyl (C=O) groups is 1. The summed E-state index contributed by atoms with van der Waals surface area (Å²) in [4.78, 5) is 28.4. The molecular weight excluding hydrogens is 346 g/mol. The number of aliphatic imine (C=N–C) groups is 1. The normalized spacial score (nSPS) is 19.8. The number of anilines is 1. The molecule has 1 N–H and O–H groups in total. The third-order valence-electron chi connectivity index (χ3n) is 5.10. The van der Waals surface area contributed by atoms with E-state index in [1.807, 2.05) is 25.6 Å². The number of aromatic nitrogens is 2. The van der Waals surface area contributed by atoms with Gasteiger partial charge in [-0.1, -0.05) is 31.2 Å². The lowest BCUT2D eigenvalue weighted by molar-refractivity contribution is -0.118. The number of fused-ring (bicyclic) bond motifs is 2.